The van der Waals surface area contributed by atoms with Crippen LogP contribution >= 0.6 is 39.1 Å². The lowest BCUT2D eigenvalue weighted by atomic mass is 10.2. The van der Waals surface area contributed by atoms with E-state index in [1.807, 2.05) is 25.1 Å². The molecule has 0 aliphatic heterocycles. The largest absolute Gasteiger partial charge is 0.439 e. The molecular formula is C13H10BrCl2NO. The van der Waals surface area contributed by atoms with Gasteiger partial charge in [0.05, 0.1) is 5.02 Å². The molecule has 0 unspecified atom stereocenters. The predicted molar refractivity (Wildman–Crippen MR) is 77.8 cm³/mol. The normalized spacial score (nSPS) is 10.4. The van der Waals surface area contributed by atoms with Gasteiger partial charge in [-0.1, -0.05) is 33.6 Å². The van der Waals surface area contributed by atoms with Gasteiger partial charge in [0.25, 0.3) is 0 Å². The maximum atomic E-state index is 5.95. The molecule has 94 valence electrons. The molecule has 1 heterocycles. The molecule has 1 aromatic carbocycles. The van der Waals surface area contributed by atoms with E-state index >= 15 is 0 Å². The molecule has 0 aliphatic carbocycles. The molecule has 18 heavy (non-hydrogen) atoms. The second-order valence-electron chi connectivity index (χ2n) is 3.76. The lowest BCUT2D eigenvalue weighted by Gasteiger charge is -2.09. The van der Waals surface area contributed by atoms with E-state index in [4.69, 9.17) is 27.9 Å². The Kier molecular flexibility index (Phi) is 4.49. The molecule has 5 heteroatoms. The van der Waals surface area contributed by atoms with Gasteiger partial charge in [-0.15, -0.1) is 11.6 Å². The zero-order chi connectivity index (χ0) is 13.1. The number of halogens is 3. The number of benzene rings is 1. The van der Waals surface area contributed by atoms with Crippen LogP contribution in [0.25, 0.3) is 0 Å². The molecule has 2 rings (SSSR count). The summed E-state index contributed by atoms with van der Waals surface area (Å²) in [5.41, 5.74) is 1.83. The number of hydrogen-bond acceptors (Lipinski definition) is 2. The summed E-state index contributed by atoms with van der Waals surface area (Å²) in [5.74, 6) is 1.56. The summed E-state index contributed by atoms with van der Waals surface area (Å²) in [6.07, 6.45) is 1.54. The highest BCUT2D eigenvalue weighted by Gasteiger charge is 2.06. The van der Waals surface area contributed by atoms with Crippen molar-refractivity contribution >= 4 is 39.1 Å². The minimum Gasteiger partial charge on any atom is -0.439 e. The Morgan fingerprint density at radius 1 is 1.33 bits per heavy atom. The van der Waals surface area contributed by atoms with Crippen LogP contribution < -0.4 is 4.74 Å². The fourth-order valence-electron chi connectivity index (χ4n) is 1.41. The van der Waals surface area contributed by atoms with Crippen molar-refractivity contribution < 1.29 is 4.74 Å². The molecule has 0 amide bonds. The maximum Gasteiger partial charge on any atom is 0.219 e. The van der Waals surface area contributed by atoms with Crippen molar-refractivity contribution in [2.24, 2.45) is 0 Å². The van der Waals surface area contributed by atoms with Crippen molar-refractivity contribution in [2.75, 3.05) is 0 Å². The van der Waals surface area contributed by atoms with Crippen LogP contribution in [-0.4, -0.2) is 4.98 Å². The summed E-state index contributed by atoms with van der Waals surface area (Å²) in [4.78, 5) is 4.12. The lowest BCUT2D eigenvalue weighted by Crippen LogP contribution is -1.92. The molecule has 0 fully saturated rings. The maximum absolute atomic E-state index is 5.95. The topological polar surface area (TPSA) is 22.1 Å². The first-order valence-corrected chi connectivity index (χ1v) is 6.95. The number of ether oxygens (including phenoxy) is 1. The number of alkyl halides is 1. The highest BCUT2D eigenvalue weighted by atomic mass is 79.9. The Bertz CT molecular complexity index is 575. The van der Waals surface area contributed by atoms with Gasteiger partial charge >= 0.3 is 0 Å². The van der Waals surface area contributed by atoms with Crippen molar-refractivity contribution in [1.29, 1.82) is 0 Å². The van der Waals surface area contributed by atoms with E-state index in [0.717, 1.165) is 21.3 Å². The molecule has 0 atom stereocenters. The van der Waals surface area contributed by atoms with Crippen molar-refractivity contribution in [2.45, 2.75) is 12.8 Å². The zero-order valence-corrected chi connectivity index (χ0v) is 12.7. The molecule has 1 aromatic heterocycles. The summed E-state index contributed by atoms with van der Waals surface area (Å²) in [6.45, 7) is 1.97. The molecule has 0 saturated carbocycles. The van der Waals surface area contributed by atoms with Crippen LogP contribution in [-0.2, 0) is 5.88 Å². The van der Waals surface area contributed by atoms with Crippen molar-refractivity contribution in [3.8, 4) is 11.6 Å². The number of nitrogens with zero attached hydrogens (tertiary/aromatic N) is 1. The van der Waals surface area contributed by atoms with Crippen LogP contribution in [0.3, 0.4) is 0 Å². The fraction of sp³-hybridized carbons (Fsp3) is 0.154. The molecular weight excluding hydrogens is 337 g/mol. The van der Waals surface area contributed by atoms with Crippen LogP contribution in [0.2, 0.25) is 5.02 Å². The van der Waals surface area contributed by atoms with Crippen molar-refractivity contribution in [3.63, 3.8) is 0 Å². The van der Waals surface area contributed by atoms with Gasteiger partial charge in [-0.3, -0.25) is 0 Å². The van der Waals surface area contributed by atoms with Crippen LogP contribution in [0.5, 0.6) is 11.6 Å². The van der Waals surface area contributed by atoms with E-state index in [1.165, 1.54) is 0 Å². The number of aryl methyl sites for hydroxylation is 1. The van der Waals surface area contributed by atoms with E-state index in [9.17, 15) is 0 Å². The standard InChI is InChI=1S/C13H10BrCl2NO/c1-8-2-3-10(14)5-12(8)18-13-4-9(6-15)11(16)7-17-13/h2-5,7H,6H2,1H3. The predicted octanol–water partition coefficient (Wildman–Crippen LogP) is 5.34. The summed E-state index contributed by atoms with van der Waals surface area (Å²) >= 11 is 15.1. The molecule has 0 N–H and O–H groups in total. The first-order chi connectivity index (χ1) is 8.60. The summed E-state index contributed by atoms with van der Waals surface area (Å²) < 4.78 is 6.68. The van der Waals surface area contributed by atoms with E-state index in [0.29, 0.717) is 16.8 Å². The summed E-state index contributed by atoms with van der Waals surface area (Å²) in [7, 11) is 0. The van der Waals surface area contributed by atoms with Crippen LogP contribution in [0.1, 0.15) is 11.1 Å². The van der Waals surface area contributed by atoms with E-state index in [2.05, 4.69) is 20.9 Å². The second kappa shape index (κ2) is 5.91. The van der Waals surface area contributed by atoms with E-state index in [-0.39, 0.29) is 0 Å². The Hall–Kier alpha value is -0.770. The van der Waals surface area contributed by atoms with Crippen molar-refractivity contribution in [1.82, 2.24) is 4.98 Å². The zero-order valence-electron chi connectivity index (χ0n) is 9.58. The molecule has 0 spiro atoms. The average molecular weight is 347 g/mol. The van der Waals surface area contributed by atoms with Gasteiger partial charge in [0, 0.05) is 22.6 Å². The first-order valence-electron chi connectivity index (χ1n) is 5.24. The second-order valence-corrected chi connectivity index (χ2v) is 5.35. The summed E-state index contributed by atoms with van der Waals surface area (Å²) in [6, 6.07) is 7.57. The van der Waals surface area contributed by atoms with E-state index in [1.54, 1.807) is 12.3 Å². The highest BCUT2D eigenvalue weighted by Crippen LogP contribution is 2.29. The fourth-order valence-corrected chi connectivity index (χ4v) is 2.21. The minimum absolute atomic E-state index is 0.329. The van der Waals surface area contributed by atoms with Gasteiger partial charge in [0.1, 0.15) is 5.75 Å². The smallest absolute Gasteiger partial charge is 0.219 e. The lowest BCUT2D eigenvalue weighted by molar-refractivity contribution is 0.458. The van der Waals surface area contributed by atoms with Crippen LogP contribution in [0.4, 0.5) is 0 Å². The van der Waals surface area contributed by atoms with Gasteiger partial charge < -0.3 is 4.74 Å². The average Bonchev–Trinajstić information content (AvgIpc) is 2.36. The number of aromatic nitrogens is 1. The number of rotatable bonds is 3. The Morgan fingerprint density at radius 2 is 2.11 bits per heavy atom. The number of pyridine rings is 1. The molecule has 0 bridgehead atoms. The van der Waals surface area contributed by atoms with Gasteiger partial charge in [-0.2, -0.15) is 0 Å². The monoisotopic (exact) mass is 345 g/mol. The van der Waals surface area contributed by atoms with Gasteiger partial charge in [-0.25, -0.2) is 4.98 Å². The summed E-state index contributed by atoms with van der Waals surface area (Å²) in [5, 5.41) is 0.545. The molecule has 0 aliphatic rings. The number of hydrogen-bond donors (Lipinski definition) is 0. The highest BCUT2D eigenvalue weighted by molar-refractivity contribution is 9.10. The SMILES string of the molecule is Cc1ccc(Br)cc1Oc1cc(CCl)c(Cl)cn1. The third-order valence-electron chi connectivity index (χ3n) is 2.42. The van der Waals surface area contributed by atoms with Gasteiger partial charge in [0.15, 0.2) is 0 Å². The van der Waals surface area contributed by atoms with Crippen LogP contribution in [0, 0.1) is 6.92 Å². The molecule has 2 nitrogen and oxygen atoms in total. The Morgan fingerprint density at radius 3 is 2.83 bits per heavy atom. The van der Waals surface area contributed by atoms with Gasteiger partial charge in [0.2, 0.25) is 5.88 Å². The Balaban J connectivity index is 2.31. The minimum atomic E-state index is 0.329. The third-order valence-corrected chi connectivity index (χ3v) is 3.54. The van der Waals surface area contributed by atoms with Crippen LogP contribution in [0.15, 0.2) is 34.9 Å². The third kappa shape index (κ3) is 3.16. The van der Waals surface area contributed by atoms with Crippen molar-refractivity contribution in [3.05, 3.63) is 51.1 Å². The first kappa shape index (κ1) is 13.7. The molecule has 0 saturated heterocycles. The Labute approximate surface area is 124 Å². The van der Waals surface area contributed by atoms with E-state index < -0.39 is 0 Å². The molecule has 2 aromatic rings. The van der Waals surface area contributed by atoms with Gasteiger partial charge in [-0.05, 0) is 30.2 Å². The quantitative estimate of drug-likeness (QED) is 0.700. The molecule has 0 radical (unpaired) electrons.